The van der Waals surface area contributed by atoms with Crippen LogP contribution in [0.3, 0.4) is 0 Å². The molecule has 0 spiro atoms. The second-order valence-electron chi connectivity index (χ2n) is 5.97. The number of hydrogen-bond acceptors (Lipinski definition) is 4. The van der Waals surface area contributed by atoms with Gasteiger partial charge in [0.2, 0.25) is 11.8 Å². The van der Waals surface area contributed by atoms with Gasteiger partial charge in [-0.15, -0.1) is 11.8 Å². The number of likely N-dealkylation sites (N-methyl/N-ethyl adjacent to an activating group) is 1. The summed E-state index contributed by atoms with van der Waals surface area (Å²) < 4.78 is 0. The number of thioether (sulfide) groups is 1. The molecule has 1 saturated carbocycles. The molecule has 1 aromatic carbocycles. The first-order chi connectivity index (χ1) is 11.1. The highest BCUT2D eigenvalue weighted by Crippen LogP contribution is 2.24. The topological polar surface area (TPSA) is 61.4 Å². The van der Waals surface area contributed by atoms with Gasteiger partial charge in [0, 0.05) is 10.9 Å². The third-order valence-electron chi connectivity index (χ3n) is 3.93. The van der Waals surface area contributed by atoms with Gasteiger partial charge in [0.25, 0.3) is 0 Å². The first kappa shape index (κ1) is 17.8. The van der Waals surface area contributed by atoms with Gasteiger partial charge in [-0.1, -0.05) is 25.0 Å². The number of para-hydroxylation sites is 1. The maximum absolute atomic E-state index is 12.1. The highest BCUT2D eigenvalue weighted by molar-refractivity contribution is 7.98. The van der Waals surface area contributed by atoms with Crippen molar-refractivity contribution in [1.29, 1.82) is 0 Å². The zero-order valence-electron chi connectivity index (χ0n) is 13.8. The van der Waals surface area contributed by atoms with Crippen LogP contribution in [0.15, 0.2) is 29.2 Å². The number of benzene rings is 1. The third-order valence-corrected chi connectivity index (χ3v) is 4.72. The fraction of sp³-hybridized carbons (Fsp3) is 0.529. The van der Waals surface area contributed by atoms with Crippen molar-refractivity contribution in [3.8, 4) is 0 Å². The van der Waals surface area contributed by atoms with Gasteiger partial charge in [0.1, 0.15) is 0 Å². The molecule has 1 aromatic rings. The molecule has 2 rings (SSSR count). The molecule has 2 amide bonds. The molecule has 0 heterocycles. The lowest BCUT2D eigenvalue weighted by atomic mass is 10.2. The minimum Gasteiger partial charge on any atom is -0.352 e. The second kappa shape index (κ2) is 8.93. The molecular weight excluding hydrogens is 310 g/mol. The molecule has 0 radical (unpaired) electrons. The van der Waals surface area contributed by atoms with E-state index < -0.39 is 0 Å². The van der Waals surface area contributed by atoms with Gasteiger partial charge in [0.05, 0.1) is 18.8 Å². The van der Waals surface area contributed by atoms with Crippen LogP contribution in [0.25, 0.3) is 0 Å². The van der Waals surface area contributed by atoms with Gasteiger partial charge in [-0.25, -0.2) is 0 Å². The van der Waals surface area contributed by atoms with E-state index in [4.69, 9.17) is 0 Å². The molecule has 2 N–H and O–H groups in total. The normalized spacial score (nSPS) is 14.9. The molecule has 0 aromatic heterocycles. The van der Waals surface area contributed by atoms with Crippen LogP contribution in [-0.4, -0.2) is 49.1 Å². The predicted molar refractivity (Wildman–Crippen MR) is 94.7 cm³/mol. The van der Waals surface area contributed by atoms with Crippen LogP contribution in [0.4, 0.5) is 5.69 Å². The summed E-state index contributed by atoms with van der Waals surface area (Å²) in [5, 5.41) is 5.94. The Bertz CT molecular complexity index is 544. The number of amides is 2. The van der Waals surface area contributed by atoms with Crippen LogP contribution in [0, 0.1) is 0 Å². The summed E-state index contributed by atoms with van der Waals surface area (Å²) in [4.78, 5) is 26.9. The summed E-state index contributed by atoms with van der Waals surface area (Å²) in [6.45, 7) is 0.439. The molecule has 0 saturated heterocycles. The van der Waals surface area contributed by atoms with E-state index in [9.17, 15) is 9.59 Å². The van der Waals surface area contributed by atoms with Gasteiger partial charge in [0.15, 0.2) is 0 Å². The molecule has 0 unspecified atom stereocenters. The van der Waals surface area contributed by atoms with E-state index in [-0.39, 0.29) is 24.9 Å². The van der Waals surface area contributed by atoms with Gasteiger partial charge < -0.3 is 10.6 Å². The van der Waals surface area contributed by atoms with Gasteiger partial charge in [-0.05, 0) is 38.3 Å². The average molecular weight is 335 g/mol. The van der Waals surface area contributed by atoms with Crippen LogP contribution in [0.2, 0.25) is 0 Å². The van der Waals surface area contributed by atoms with Crippen LogP contribution in [-0.2, 0) is 9.59 Å². The molecule has 1 aliphatic rings. The first-order valence-electron chi connectivity index (χ1n) is 7.99. The molecule has 1 fully saturated rings. The van der Waals surface area contributed by atoms with Crippen molar-refractivity contribution in [2.45, 2.75) is 36.6 Å². The Morgan fingerprint density at radius 3 is 2.52 bits per heavy atom. The number of carbonyl (C=O) groups is 2. The Kier molecular flexibility index (Phi) is 6.92. The van der Waals surface area contributed by atoms with Gasteiger partial charge >= 0.3 is 0 Å². The van der Waals surface area contributed by atoms with Crippen molar-refractivity contribution in [1.82, 2.24) is 10.2 Å². The summed E-state index contributed by atoms with van der Waals surface area (Å²) in [5.74, 6) is -0.112. The monoisotopic (exact) mass is 335 g/mol. The predicted octanol–water partition coefficient (Wildman–Crippen LogP) is 2.34. The Morgan fingerprint density at radius 2 is 1.83 bits per heavy atom. The largest absolute Gasteiger partial charge is 0.352 e. The van der Waals surface area contributed by atoms with Crippen LogP contribution >= 0.6 is 11.8 Å². The van der Waals surface area contributed by atoms with Crippen LogP contribution < -0.4 is 10.6 Å². The number of nitrogens with one attached hydrogen (secondary N) is 2. The van der Waals surface area contributed by atoms with E-state index in [0.717, 1.165) is 23.4 Å². The van der Waals surface area contributed by atoms with E-state index in [1.807, 2.05) is 30.5 Å². The molecular formula is C17H25N3O2S. The lowest BCUT2D eigenvalue weighted by molar-refractivity contribution is -0.123. The lowest BCUT2D eigenvalue weighted by Crippen LogP contribution is -2.42. The molecule has 1 aliphatic carbocycles. The van der Waals surface area contributed by atoms with Gasteiger partial charge in [-0.3, -0.25) is 14.5 Å². The molecule has 6 heteroatoms. The molecule has 0 aliphatic heterocycles. The Balaban J connectivity index is 1.76. The fourth-order valence-corrected chi connectivity index (χ4v) is 3.38. The second-order valence-corrected chi connectivity index (χ2v) is 6.82. The number of carbonyl (C=O) groups excluding carboxylic acids is 2. The minimum absolute atomic E-state index is 0.00304. The van der Waals surface area contributed by atoms with E-state index in [0.29, 0.717) is 6.04 Å². The summed E-state index contributed by atoms with van der Waals surface area (Å²) in [6.07, 6.45) is 6.50. The summed E-state index contributed by atoms with van der Waals surface area (Å²) in [5.41, 5.74) is 0.814. The van der Waals surface area contributed by atoms with Crippen molar-refractivity contribution in [3.05, 3.63) is 24.3 Å². The smallest absolute Gasteiger partial charge is 0.238 e. The van der Waals surface area contributed by atoms with Crippen molar-refractivity contribution < 1.29 is 9.59 Å². The SMILES string of the molecule is CSc1ccccc1NC(=O)CN(C)CC(=O)NC1CCCC1. The maximum Gasteiger partial charge on any atom is 0.238 e. The van der Waals surface area contributed by atoms with E-state index in [2.05, 4.69) is 10.6 Å². The van der Waals surface area contributed by atoms with Crippen molar-refractivity contribution >= 4 is 29.3 Å². The molecule has 0 atom stereocenters. The van der Waals surface area contributed by atoms with E-state index in [1.54, 1.807) is 23.7 Å². The van der Waals surface area contributed by atoms with E-state index >= 15 is 0 Å². The van der Waals surface area contributed by atoms with Crippen molar-refractivity contribution in [2.75, 3.05) is 31.7 Å². The highest BCUT2D eigenvalue weighted by atomic mass is 32.2. The third kappa shape index (κ3) is 5.88. The summed E-state index contributed by atoms with van der Waals surface area (Å²) >= 11 is 1.59. The Labute approximate surface area is 142 Å². The molecule has 23 heavy (non-hydrogen) atoms. The molecule has 0 bridgehead atoms. The zero-order chi connectivity index (χ0) is 16.7. The summed E-state index contributed by atoms with van der Waals surface area (Å²) in [7, 11) is 1.79. The fourth-order valence-electron chi connectivity index (χ4n) is 2.83. The first-order valence-corrected chi connectivity index (χ1v) is 9.21. The number of hydrogen-bond donors (Lipinski definition) is 2. The summed E-state index contributed by atoms with van der Waals surface area (Å²) in [6, 6.07) is 8.02. The van der Waals surface area contributed by atoms with Crippen LogP contribution in [0.5, 0.6) is 0 Å². The highest BCUT2D eigenvalue weighted by Gasteiger charge is 2.18. The zero-order valence-corrected chi connectivity index (χ0v) is 14.6. The Morgan fingerprint density at radius 1 is 1.17 bits per heavy atom. The quantitative estimate of drug-likeness (QED) is 0.751. The Hall–Kier alpha value is -1.53. The molecule has 126 valence electrons. The maximum atomic E-state index is 12.1. The number of rotatable bonds is 7. The average Bonchev–Trinajstić information content (AvgIpc) is 3.00. The molecule has 5 nitrogen and oxygen atoms in total. The lowest BCUT2D eigenvalue weighted by Gasteiger charge is -2.18. The van der Waals surface area contributed by atoms with Crippen molar-refractivity contribution in [2.24, 2.45) is 0 Å². The number of nitrogens with zero attached hydrogens (tertiary/aromatic N) is 1. The van der Waals surface area contributed by atoms with Crippen molar-refractivity contribution in [3.63, 3.8) is 0 Å². The standard InChI is InChI=1S/C17H25N3O2S/c1-20(11-16(21)18-13-7-3-4-8-13)12-17(22)19-14-9-5-6-10-15(14)23-2/h5-6,9-10,13H,3-4,7-8,11-12H2,1-2H3,(H,18,21)(H,19,22). The van der Waals surface area contributed by atoms with Gasteiger partial charge in [-0.2, -0.15) is 0 Å². The number of anilines is 1. The minimum atomic E-state index is -0.109. The van der Waals surface area contributed by atoms with Crippen LogP contribution in [0.1, 0.15) is 25.7 Å². The van der Waals surface area contributed by atoms with E-state index in [1.165, 1.54) is 12.8 Å².